The molecule has 0 aliphatic carbocycles. The molecule has 0 unspecified atom stereocenters. The molecule has 1 heteroatoms. The van der Waals surface area contributed by atoms with E-state index in [1.165, 1.54) is 11.1 Å². The fourth-order valence-corrected chi connectivity index (χ4v) is 1.48. The van der Waals surface area contributed by atoms with Gasteiger partial charge in [0.2, 0.25) is 0 Å². The Labute approximate surface area is 86.1 Å². The first-order valence-electron chi connectivity index (χ1n) is 5.20. The van der Waals surface area contributed by atoms with E-state index in [0.717, 1.165) is 18.4 Å². The monoisotopic (exact) mass is 190 g/mol. The molecule has 76 valence electrons. The Hall–Kier alpha value is -1.08. The second kappa shape index (κ2) is 5.61. The Morgan fingerprint density at radius 1 is 1.29 bits per heavy atom. The van der Waals surface area contributed by atoms with E-state index in [9.17, 15) is 0 Å². The molecule has 0 spiro atoms. The van der Waals surface area contributed by atoms with Gasteiger partial charge in [0.15, 0.2) is 0 Å². The van der Waals surface area contributed by atoms with Crippen LogP contribution in [0, 0.1) is 0 Å². The highest BCUT2D eigenvalue weighted by molar-refractivity contribution is 5.56. The fraction of sp³-hybridized carbons (Fsp3) is 0.385. The van der Waals surface area contributed by atoms with Crippen molar-refractivity contribution in [1.29, 1.82) is 0 Å². The molecule has 14 heavy (non-hydrogen) atoms. The second-order valence-corrected chi connectivity index (χ2v) is 3.37. The van der Waals surface area contributed by atoms with Gasteiger partial charge in [-0.15, -0.1) is 0 Å². The number of aryl methyl sites for hydroxylation is 1. The lowest BCUT2D eigenvalue weighted by Gasteiger charge is -2.05. The minimum atomic E-state index is 0.161. The van der Waals surface area contributed by atoms with Crippen molar-refractivity contribution in [3.63, 3.8) is 0 Å². The largest absolute Gasteiger partial charge is 0.392 e. The molecule has 0 aliphatic rings. The van der Waals surface area contributed by atoms with Crippen LogP contribution in [0.2, 0.25) is 0 Å². The maximum absolute atomic E-state index is 9.08. The van der Waals surface area contributed by atoms with Crippen LogP contribution in [0.3, 0.4) is 0 Å². The van der Waals surface area contributed by atoms with Gasteiger partial charge in [-0.3, -0.25) is 0 Å². The number of benzene rings is 1. The van der Waals surface area contributed by atoms with Gasteiger partial charge in [-0.2, -0.15) is 0 Å². The molecule has 0 aliphatic heterocycles. The van der Waals surface area contributed by atoms with Crippen molar-refractivity contribution in [2.75, 3.05) is 6.61 Å². The lowest BCUT2D eigenvalue weighted by molar-refractivity contribution is 0.329. The third-order valence-corrected chi connectivity index (χ3v) is 2.45. The zero-order valence-electron chi connectivity index (χ0n) is 8.96. The van der Waals surface area contributed by atoms with Gasteiger partial charge in [0.05, 0.1) is 6.61 Å². The third-order valence-electron chi connectivity index (χ3n) is 2.45. The van der Waals surface area contributed by atoms with E-state index in [-0.39, 0.29) is 6.61 Å². The van der Waals surface area contributed by atoms with Gasteiger partial charge in [0.25, 0.3) is 0 Å². The zero-order chi connectivity index (χ0) is 10.4. The van der Waals surface area contributed by atoms with Gasteiger partial charge in [-0.1, -0.05) is 44.2 Å². The van der Waals surface area contributed by atoms with Gasteiger partial charge in [0, 0.05) is 0 Å². The summed E-state index contributed by atoms with van der Waals surface area (Å²) in [5.41, 5.74) is 3.67. The first-order valence-corrected chi connectivity index (χ1v) is 5.20. The van der Waals surface area contributed by atoms with Gasteiger partial charge in [0.1, 0.15) is 0 Å². The van der Waals surface area contributed by atoms with Gasteiger partial charge in [-0.25, -0.2) is 0 Å². The standard InChI is InChI=1S/C13H18O/c1-3-11(10-14)9-13-8-6-5-7-12(13)4-2/h5-9,14H,3-4,10H2,1-2H3. The third kappa shape index (κ3) is 2.71. The molecule has 0 heterocycles. The molecule has 1 aromatic rings. The van der Waals surface area contributed by atoms with Crippen molar-refractivity contribution in [1.82, 2.24) is 0 Å². The minimum absolute atomic E-state index is 0.161. The Balaban J connectivity index is 3.00. The van der Waals surface area contributed by atoms with Crippen molar-refractivity contribution in [2.24, 2.45) is 0 Å². The molecular formula is C13H18O. The van der Waals surface area contributed by atoms with Gasteiger partial charge < -0.3 is 5.11 Å². The number of aliphatic hydroxyl groups is 1. The molecule has 0 saturated carbocycles. The maximum atomic E-state index is 9.08. The Kier molecular flexibility index (Phi) is 4.41. The van der Waals surface area contributed by atoms with E-state index >= 15 is 0 Å². The molecule has 1 rings (SSSR count). The fourth-order valence-electron chi connectivity index (χ4n) is 1.48. The number of rotatable bonds is 4. The quantitative estimate of drug-likeness (QED) is 0.773. The molecule has 1 N–H and O–H groups in total. The van der Waals surface area contributed by atoms with Crippen molar-refractivity contribution >= 4 is 6.08 Å². The zero-order valence-corrected chi connectivity index (χ0v) is 8.96. The average Bonchev–Trinajstić information content (AvgIpc) is 2.26. The van der Waals surface area contributed by atoms with Gasteiger partial charge in [-0.05, 0) is 29.5 Å². The predicted octanol–water partition coefficient (Wildman–Crippen LogP) is 3.03. The van der Waals surface area contributed by atoms with Crippen LogP contribution in [0.4, 0.5) is 0 Å². The average molecular weight is 190 g/mol. The SMILES string of the molecule is CCC(=Cc1ccccc1CC)CO. The predicted molar refractivity (Wildman–Crippen MR) is 61.2 cm³/mol. The summed E-state index contributed by atoms with van der Waals surface area (Å²) in [7, 11) is 0. The van der Waals surface area contributed by atoms with Crippen LogP contribution in [0.25, 0.3) is 6.08 Å². The summed E-state index contributed by atoms with van der Waals surface area (Å²) >= 11 is 0. The smallest absolute Gasteiger partial charge is 0.0644 e. The normalized spacial score (nSPS) is 11.8. The molecule has 0 saturated heterocycles. The van der Waals surface area contributed by atoms with Crippen LogP contribution >= 0.6 is 0 Å². The minimum Gasteiger partial charge on any atom is -0.392 e. The van der Waals surface area contributed by atoms with E-state index in [1.807, 2.05) is 6.07 Å². The van der Waals surface area contributed by atoms with E-state index in [1.54, 1.807) is 0 Å². The van der Waals surface area contributed by atoms with Crippen molar-refractivity contribution in [3.8, 4) is 0 Å². The number of hydrogen-bond donors (Lipinski definition) is 1. The lowest BCUT2D eigenvalue weighted by atomic mass is 10.0. The molecule has 0 aromatic heterocycles. The first-order chi connectivity index (χ1) is 6.81. The molecule has 0 atom stereocenters. The van der Waals surface area contributed by atoms with Crippen LogP contribution in [-0.2, 0) is 6.42 Å². The van der Waals surface area contributed by atoms with Crippen LogP contribution in [0.15, 0.2) is 29.8 Å². The summed E-state index contributed by atoms with van der Waals surface area (Å²) in [6.07, 6.45) is 4.04. The molecule has 1 nitrogen and oxygen atoms in total. The maximum Gasteiger partial charge on any atom is 0.0644 e. The van der Waals surface area contributed by atoms with Gasteiger partial charge >= 0.3 is 0 Å². The summed E-state index contributed by atoms with van der Waals surface area (Å²) in [5, 5.41) is 9.08. The summed E-state index contributed by atoms with van der Waals surface area (Å²) in [6.45, 7) is 4.38. The highest BCUT2D eigenvalue weighted by Gasteiger charge is 1.97. The van der Waals surface area contributed by atoms with E-state index in [2.05, 4.69) is 38.1 Å². The van der Waals surface area contributed by atoms with Crippen LogP contribution in [0.1, 0.15) is 31.4 Å². The Morgan fingerprint density at radius 2 is 2.00 bits per heavy atom. The van der Waals surface area contributed by atoms with Crippen molar-refractivity contribution < 1.29 is 5.11 Å². The Morgan fingerprint density at radius 3 is 2.57 bits per heavy atom. The van der Waals surface area contributed by atoms with Crippen LogP contribution in [0.5, 0.6) is 0 Å². The van der Waals surface area contributed by atoms with Crippen LogP contribution < -0.4 is 0 Å². The molecular weight excluding hydrogens is 172 g/mol. The topological polar surface area (TPSA) is 20.2 Å². The summed E-state index contributed by atoms with van der Waals surface area (Å²) in [6, 6.07) is 8.33. The van der Waals surface area contributed by atoms with E-state index in [0.29, 0.717) is 0 Å². The first kappa shape index (κ1) is 11.0. The molecule has 0 radical (unpaired) electrons. The number of aliphatic hydroxyl groups excluding tert-OH is 1. The molecule has 0 fully saturated rings. The molecule has 0 bridgehead atoms. The summed E-state index contributed by atoms with van der Waals surface area (Å²) < 4.78 is 0. The Bertz CT molecular complexity index is 307. The summed E-state index contributed by atoms with van der Waals surface area (Å²) in [5.74, 6) is 0. The van der Waals surface area contributed by atoms with E-state index < -0.39 is 0 Å². The molecule has 1 aromatic carbocycles. The van der Waals surface area contributed by atoms with Crippen LogP contribution in [-0.4, -0.2) is 11.7 Å². The second-order valence-electron chi connectivity index (χ2n) is 3.37. The highest BCUT2D eigenvalue weighted by Crippen LogP contribution is 2.14. The highest BCUT2D eigenvalue weighted by atomic mass is 16.3. The van der Waals surface area contributed by atoms with Crippen molar-refractivity contribution in [3.05, 3.63) is 41.0 Å². The van der Waals surface area contributed by atoms with E-state index in [4.69, 9.17) is 5.11 Å². The lowest BCUT2D eigenvalue weighted by Crippen LogP contribution is -1.91. The molecule has 0 amide bonds. The van der Waals surface area contributed by atoms with Crippen molar-refractivity contribution in [2.45, 2.75) is 26.7 Å². The summed E-state index contributed by atoms with van der Waals surface area (Å²) in [4.78, 5) is 0. The number of hydrogen-bond acceptors (Lipinski definition) is 1.